The summed E-state index contributed by atoms with van der Waals surface area (Å²) < 4.78 is 0.778. The van der Waals surface area contributed by atoms with E-state index in [-0.39, 0.29) is 17.3 Å². The third-order valence-corrected chi connectivity index (χ3v) is 3.40. The number of aliphatic hydroxyl groups excluding tert-OH is 1. The van der Waals surface area contributed by atoms with Gasteiger partial charge in [0.2, 0.25) is 5.28 Å². The summed E-state index contributed by atoms with van der Waals surface area (Å²) in [6, 6.07) is 0. The Bertz CT molecular complexity index is 370. The average molecular weight is 293 g/mol. The summed E-state index contributed by atoms with van der Waals surface area (Å²) in [6.45, 7) is 0.936. The first-order chi connectivity index (χ1) is 7.15. The molecule has 1 aromatic rings. The SMILES string of the molecule is OCC1(CNc2nc(Cl)ncc2Br)CC1. The minimum Gasteiger partial charge on any atom is -0.396 e. The van der Waals surface area contributed by atoms with Crippen LogP contribution in [0.4, 0.5) is 5.82 Å². The van der Waals surface area contributed by atoms with Gasteiger partial charge in [-0.3, -0.25) is 0 Å². The molecule has 1 aliphatic rings. The van der Waals surface area contributed by atoms with Crippen LogP contribution in [0.5, 0.6) is 0 Å². The number of nitrogens with zero attached hydrogens (tertiary/aromatic N) is 2. The number of anilines is 1. The Morgan fingerprint density at radius 3 is 2.93 bits per heavy atom. The molecule has 1 aliphatic carbocycles. The molecule has 2 rings (SSSR count). The predicted octanol–water partition coefficient (Wildman–Crippen LogP) is 2.08. The highest BCUT2D eigenvalue weighted by Crippen LogP contribution is 2.45. The zero-order valence-electron chi connectivity index (χ0n) is 8.00. The zero-order valence-corrected chi connectivity index (χ0v) is 10.3. The van der Waals surface area contributed by atoms with Gasteiger partial charge < -0.3 is 10.4 Å². The monoisotopic (exact) mass is 291 g/mol. The van der Waals surface area contributed by atoms with Gasteiger partial charge in [-0.25, -0.2) is 4.98 Å². The summed E-state index contributed by atoms with van der Waals surface area (Å²) in [7, 11) is 0. The van der Waals surface area contributed by atoms with E-state index in [0.29, 0.717) is 5.82 Å². The topological polar surface area (TPSA) is 58.0 Å². The maximum Gasteiger partial charge on any atom is 0.224 e. The van der Waals surface area contributed by atoms with Crippen LogP contribution < -0.4 is 5.32 Å². The molecule has 0 aromatic carbocycles. The molecule has 0 amide bonds. The van der Waals surface area contributed by atoms with Gasteiger partial charge in [0.1, 0.15) is 5.82 Å². The lowest BCUT2D eigenvalue weighted by atomic mass is 10.1. The van der Waals surface area contributed by atoms with Crippen LogP contribution in [0.3, 0.4) is 0 Å². The summed E-state index contributed by atoms with van der Waals surface area (Å²) in [5, 5.41) is 12.5. The fourth-order valence-corrected chi connectivity index (χ4v) is 1.77. The van der Waals surface area contributed by atoms with Gasteiger partial charge in [-0.05, 0) is 40.4 Å². The molecule has 0 bridgehead atoms. The lowest BCUT2D eigenvalue weighted by Crippen LogP contribution is -2.19. The molecule has 6 heteroatoms. The zero-order chi connectivity index (χ0) is 10.9. The maximum absolute atomic E-state index is 9.15. The van der Waals surface area contributed by atoms with Crippen molar-refractivity contribution < 1.29 is 5.11 Å². The van der Waals surface area contributed by atoms with E-state index >= 15 is 0 Å². The second-order valence-corrected chi connectivity index (χ2v) is 5.04. The normalized spacial score (nSPS) is 17.5. The number of aromatic nitrogens is 2. The first-order valence-electron chi connectivity index (χ1n) is 4.68. The lowest BCUT2D eigenvalue weighted by molar-refractivity contribution is 0.219. The number of hydrogen-bond donors (Lipinski definition) is 2. The summed E-state index contributed by atoms with van der Waals surface area (Å²) in [5.41, 5.74) is 0.0524. The Balaban J connectivity index is 2.01. The van der Waals surface area contributed by atoms with E-state index in [0.717, 1.165) is 23.9 Å². The molecule has 2 N–H and O–H groups in total. The second-order valence-electron chi connectivity index (χ2n) is 3.85. The number of rotatable bonds is 4. The highest BCUT2D eigenvalue weighted by Gasteiger charge is 2.41. The van der Waals surface area contributed by atoms with E-state index < -0.39 is 0 Å². The number of nitrogens with one attached hydrogen (secondary N) is 1. The fraction of sp³-hybridized carbons (Fsp3) is 0.556. The van der Waals surface area contributed by atoms with Crippen molar-refractivity contribution in [2.45, 2.75) is 12.8 Å². The smallest absolute Gasteiger partial charge is 0.224 e. The minimum absolute atomic E-state index is 0.0524. The van der Waals surface area contributed by atoms with Gasteiger partial charge in [-0.15, -0.1) is 0 Å². The third-order valence-electron chi connectivity index (χ3n) is 2.64. The molecule has 1 saturated carbocycles. The fourth-order valence-electron chi connectivity index (χ4n) is 1.31. The van der Waals surface area contributed by atoms with Crippen molar-refractivity contribution in [1.29, 1.82) is 0 Å². The van der Waals surface area contributed by atoms with Crippen LogP contribution in [-0.4, -0.2) is 28.2 Å². The largest absolute Gasteiger partial charge is 0.396 e. The van der Waals surface area contributed by atoms with E-state index in [9.17, 15) is 0 Å². The van der Waals surface area contributed by atoms with E-state index in [1.54, 1.807) is 6.20 Å². The van der Waals surface area contributed by atoms with Crippen LogP contribution >= 0.6 is 27.5 Å². The summed E-state index contributed by atoms with van der Waals surface area (Å²) >= 11 is 9.02. The molecule has 0 atom stereocenters. The molecular formula is C9H11BrClN3O. The van der Waals surface area contributed by atoms with E-state index in [1.165, 1.54) is 0 Å². The molecule has 1 aromatic heterocycles. The van der Waals surface area contributed by atoms with Crippen molar-refractivity contribution in [2.75, 3.05) is 18.5 Å². The van der Waals surface area contributed by atoms with Crippen LogP contribution in [0.2, 0.25) is 5.28 Å². The third kappa shape index (κ3) is 2.59. The van der Waals surface area contributed by atoms with Crippen LogP contribution in [0.1, 0.15) is 12.8 Å². The minimum atomic E-state index is 0.0524. The summed E-state index contributed by atoms with van der Waals surface area (Å²) in [4.78, 5) is 7.89. The molecule has 0 unspecified atom stereocenters. The first-order valence-corrected chi connectivity index (χ1v) is 5.85. The molecule has 1 heterocycles. The summed E-state index contributed by atoms with van der Waals surface area (Å²) in [6.07, 6.45) is 3.73. The van der Waals surface area contributed by atoms with Crippen LogP contribution in [0, 0.1) is 5.41 Å². The van der Waals surface area contributed by atoms with E-state index in [4.69, 9.17) is 16.7 Å². The van der Waals surface area contributed by atoms with Gasteiger partial charge in [-0.2, -0.15) is 4.98 Å². The molecule has 0 saturated heterocycles. The van der Waals surface area contributed by atoms with Gasteiger partial charge in [0.25, 0.3) is 0 Å². The summed E-state index contributed by atoms with van der Waals surface area (Å²) in [5.74, 6) is 0.676. The van der Waals surface area contributed by atoms with Crippen molar-refractivity contribution in [3.63, 3.8) is 0 Å². The van der Waals surface area contributed by atoms with Gasteiger partial charge in [0.15, 0.2) is 0 Å². The van der Waals surface area contributed by atoms with Gasteiger partial charge in [-0.1, -0.05) is 0 Å². The highest BCUT2D eigenvalue weighted by atomic mass is 79.9. The van der Waals surface area contributed by atoms with Gasteiger partial charge in [0.05, 0.1) is 11.1 Å². The molecular weight excluding hydrogens is 281 g/mol. The lowest BCUT2D eigenvalue weighted by Gasteiger charge is -2.13. The first kappa shape index (κ1) is 11.1. The van der Waals surface area contributed by atoms with Crippen molar-refractivity contribution in [2.24, 2.45) is 5.41 Å². The molecule has 0 spiro atoms. The predicted molar refractivity (Wildman–Crippen MR) is 62.0 cm³/mol. The Kier molecular flexibility index (Phi) is 3.13. The average Bonchev–Trinajstić information content (AvgIpc) is 3.00. The number of aliphatic hydroxyl groups is 1. The quantitative estimate of drug-likeness (QED) is 0.834. The Morgan fingerprint density at radius 1 is 1.60 bits per heavy atom. The molecule has 0 radical (unpaired) electrons. The van der Waals surface area contributed by atoms with Crippen molar-refractivity contribution >= 4 is 33.3 Å². The Hall–Kier alpha value is -0.390. The highest BCUT2D eigenvalue weighted by molar-refractivity contribution is 9.10. The maximum atomic E-state index is 9.15. The van der Waals surface area contributed by atoms with Crippen LogP contribution in [-0.2, 0) is 0 Å². The standard InChI is InChI=1S/C9H11BrClN3O/c10-6-3-12-8(11)14-7(6)13-4-9(5-15)1-2-9/h3,15H,1-2,4-5H2,(H,12,13,14). The van der Waals surface area contributed by atoms with Crippen LogP contribution in [0.25, 0.3) is 0 Å². The van der Waals surface area contributed by atoms with Crippen molar-refractivity contribution in [3.8, 4) is 0 Å². The molecule has 82 valence electrons. The van der Waals surface area contributed by atoms with Gasteiger partial charge >= 0.3 is 0 Å². The van der Waals surface area contributed by atoms with Crippen LogP contribution in [0.15, 0.2) is 10.7 Å². The van der Waals surface area contributed by atoms with E-state index in [2.05, 4.69) is 31.2 Å². The van der Waals surface area contributed by atoms with Crippen molar-refractivity contribution in [1.82, 2.24) is 9.97 Å². The molecule has 1 fully saturated rings. The molecule has 15 heavy (non-hydrogen) atoms. The second kappa shape index (κ2) is 4.23. The van der Waals surface area contributed by atoms with Crippen molar-refractivity contribution in [3.05, 3.63) is 16.0 Å². The number of hydrogen-bond acceptors (Lipinski definition) is 4. The molecule has 0 aliphatic heterocycles. The Morgan fingerprint density at radius 2 is 2.33 bits per heavy atom. The Labute approximate surface area is 101 Å². The van der Waals surface area contributed by atoms with Gasteiger partial charge in [0, 0.05) is 18.2 Å². The van der Waals surface area contributed by atoms with E-state index in [1.807, 2.05) is 0 Å². The number of halogens is 2. The molecule has 4 nitrogen and oxygen atoms in total.